The molecule has 0 saturated carbocycles. The number of nitrogens with one attached hydrogen (secondary N) is 1. The first kappa shape index (κ1) is 9.97. The lowest BCUT2D eigenvalue weighted by atomic mass is 10.3. The van der Waals surface area contributed by atoms with Crippen molar-refractivity contribution in [1.29, 1.82) is 0 Å². The van der Waals surface area contributed by atoms with E-state index in [1.807, 2.05) is 0 Å². The molecule has 2 rings (SSSR count). The maximum absolute atomic E-state index is 11.0. The van der Waals surface area contributed by atoms with Gasteiger partial charge in [0.05, 0.1) is 5.52 Å². The van der Waals surface area contributed by atoms with Crippen molar-refractivity contribution in [2.75, 3.05) is 11.9 Å². The highest BCUT2D eigenvalue weighted by molar-refractivity contribution is 9.18. The first-order valence-corrected chi connectivity index (χ1v) is 4.93. The number of carbonyl (C=O) groups is 1. The SMILES string of the molecule is CN(C(=O)Br)c1ccc2oc(=O)[nH]c2c1. The second kappa shape index (κ2) is 3.54. The minimum atomic E-state index is -0.505. The highest BCUT2D eigenvalue weighted by atomic mass is 79.9. The van der Waals surface area contributed by atoms with Crippen LogP contribution in [0.2, 0.25) is 0 Å². The first-order valence-electron chi connectivity index (χ1n) is 4.14. The van der Waals surface area contributed by atoms with Crippen LogP contribution < -0.4 is 10.7 Å². The summed E-state index contributed by atoms with van der Waals surface area (Å²) >= 11 is 2.84. The number of hydrogen-bond acceptors (Lipinski definition) is 3. The first-order chi connectivity index (χ1) is 7.08. The number of amides is 1. The molecule has 6 heteroatoms. The van der Waals surface area contributed by atoms with Crippen LogP contribution in [0, 0.1) is 0 Å². The van der Waals surface area contributed by atoms with Gasteiger partial charge in [-0.05, 0) is 18.2 Å². The third-order valence-corrected chi connectivity index (χ3v) is 2.59. The molecule has 0 saturated heterocycles. The van der Waals surface area contributed by atoms with E-state index in [2.05, 4.69) is 20.9 Å². The van der Waals surface area contributed by atoms with Gasteiger partial charge in [0.25, 0.3) is 4.82 Å². The van der Waals surface area contributed by atoms with Gasteiger partial charge in [0.1, 0.15) is 0 Å². The highest BCUT2D eigenvalue weighted by Crippen LogP contribution is 2.20. The van der Waals surface area contributed by atoms with E-state index >= 15 is 0 Å². The minimum Gasteiger partial charge on any atom is -0.408 e. The summed E-state index contributed by atoms with van der Waals surface area (Å²) in [6.07, 6.45) is 0. The number of hydrogen-bond donors (Lipinski definition) is 1. The molecule has 0 unspecified atom stereocenters. The van der Waals surface area contributed by atoms with E-state index < -0.39 is 5.76 Å². The van der Waals surface area contributed by atoms with Gasteiger partial charge >= 0.3 is 5.76 Å². The van der Waals surface area contributed by atoms with Gasteiger partial charge in [-0.25, -0.2) is 4.79 Å². The molecule has 2 aromatic rings. The molecule has 0 spiro atoms. The standard InChI is InChI=1S/C9H7BrN2O3/c1-12(8(10)13)5-2-3-7-6(4-5)11-9(14)15-7/h2-4H,1H3,(H,11,14). The lowest BCUT2D eigenvalue weighted by molar-refractivity contribution is 0.267. The van der Waals surface area contributed by atoms with Crippen molar-refractivity contribution >= 4 is 37.5 Å². The smallest absolute Gasteiger partial charge is 0.408 e. The lowest BCUT2D eigenvalue weighted by Crippen LogP contribution is -2.18. The third kappa shape index (κ3) is 1.80. The van der Waals surface area contributed by atoms with E-state index in [9.17, 15) is 9.59 Å². The number of anilines is 1. The number of carbonyl (C=O) groups excluding carboxylic acids is 1. The van der Waals surface area contributed by atoms with Crippen molar-refractivity contribution in [2.45, 2.75) is 0 Å². The van der Waals surface area contributed by atoms with Crippen molar-refractivity contribution in [2.24, 2.45) is 0 Å². The molecule has 0 aliphatic heterocycles. The molecule has 15 heavy (non-hydrogen) atoms. The van der Waals surface area contributed by atoms with Crippen LogP contribution in [0.4, 0.5) is 10.5 Å². The van der Waals surface area contributed by atoms with Gasteiger partial charge < -0.3 is 9.32 Å². The van der Waals surface area contributed by atoms with Gasteiger partial charge in [0, 0.05) is 28.7 Å². The monoisotopic (exact) mass is 270 g/mol. The van der Waals surface area contributed by atoms with Crippen LogP contribution in [-0.4, -0.2) is 16.8 Å². The Labute approximate surface area is 92.8 Å². The second-order valence-electron chi connectivity index (χ2n) is 3.01. The van der Waals surface area contributed by atoms with E-state index in [4.69, 9.17) is 4.42 Å². The van der Waals surface area contributed by atoms with Gasteiger partial charge in [-0.1, -0.05) is 0 Å². The topological polar surface area (TPSA) is 66.3 Å². The Balaban J connectivity index is 2.55. The van der Waals surface area contributed by atoms with Crippen LogP contribution >= 0.6 is 15.9 Å². The molecule has 1 heterocycles. The van der Waals surface area contributed by atoms with Crippen LogP contribution in [0.3, 0.4) is 0 Å². The normalized spacial score (nSPS) is 10.5. The summed E-state index contributed by atoms with van der Waals surface area (Å²) in [6.45, 7) is 0. The number of aromatic amines is 1. The Hall–Kier alpha value is -1.56. The third-order valence-electron chi connectivity index (χ3n) is 2.05. The molecule has 1 N–H and O–H groups in total. The highest BCUT2D eigenvalue weighted by Gasteiger charge is 2.09. The van der Waals surface area contributed by atoms with Crippen LogP contribution in [0.25, 0.3) is 11.1 Å². The van der Waals surface area contributed by atoms with E-state index in [0.717, 1.165) is 0 Å². The number of aromatic nitrogens is 1. The Morgan fingerprint density at radius 2 is 2.27 bits per heavy atom. The molecule has 78 valence electrons. The largest absolute Gasteiger partial charge is 0.417 e. The fourth-order valence-corrected chi connectivity index (χ4v) is 1.45. The van der Waals surface area contributed by atoms with Crippen molar-refractivity contribution in [3.63, 3.8) is 0 Å². The van der Waals surface area contributed by atoms with Crippen molar-refractivity contribution in [3.05, 3.63) is 28.7 Å². The fourth-order valence-electron chi connectivity index (χ4n) is 1.25. The summed E-state index contributed by atoms with van der Waals surface area (Å²) in [6, 6.07) is 4.99. The van der Waals surface area contributed by atoms with E-state index in [0.29, 0.717) is 16.8 Å². The van der Waals surface area contributed by atoms with Gasteiger partial charge in [0.15, 0.2) is 5.58 Å². The molecule has 0 bridgehead atoms. The minimum absolute atomic E-state index is 0.257. The molecule has 1 aromatic carbocycles. The van der Waals surface area contributed by atoms with Crippen LogP contribution in [0.1, 0.15) is 0 Å². The maximum atomic E-state index is 11.0. The van der Waals surface area contributed by atoms with Gasteiger partial charge in [-0.15, -0.1) is 0 Å². The molecule has 0 fully saturated rings. The molecular formula is C9H7BrN2O3. The summed E-state index contributed by atoms with van der Waals surface area (Å²) in [4.78, 5) is 25.6. The van der Waals surface area contributed by atoms with E-state index in [1.54, 1.807) is 25.2 Å². The number of nitrogens with zero attached hydrogens (tertiary/aromatic N) is 1. The molecule has 0 radical (unpaired) electrons. The Morgan fingerprint density at radius 3 is 2.93 bits per heavy atom. The molecule has 1 aromatic heterocycles. The number of H-pyrrole nitrogens is 1. The molecule has 0 atom stereocenters. The predicted octanol–water partition coefficient (Wildman–Crippen LogP) is 2.07. The second-order valence-corrected chi connectivity index (χ2v) is 3.69. The predicted molar refractivity (Wildman–Crippen MR) is 59.6 cm³/mol. The number of benzene rings is 1. The summed E-state index contributed by atoms with van der Waals surface area (Å²) in [5.74, 6) is -0.505. The molecule has 0 aliphatic rings. The fraction of sp³-hybridized carbons (Fsp3) is 0.111. The van der Waals surface area contributed by atoms with Crippen LogP contribution in [-0.2, 0) is 0 Å². The van der Waals surface area contributed by atoms with Crippen molar-refractivity contribution in [1.82, 2.24) is 4.98 Å². The zero-order valence-corrected chi connectivity index (χ0v) is 9.37. The molecule has 1 amide bonds. The quantitative estimate of drug-likeness (QED) is 0.637. The summed E-state index contributed by atoms with van der Waals surface area (Å²) in [5.41, 5.74) is 1.71. The summed E-state index contributed by atoms with van der Waals surface area (Å²) < 4.78 is 4.84. The van der Waals surface area contributed by atoms with Gasteiger partial charge in [-0.3, -0.25) is 9.78 Å². The summed E-state index contributed by atoms with van der Waals surface area (Å²) in [7, 11) is 1.62. The Kier molecular flexibility index (Phi) is 2.36. The number of oxazole rings is 1. The Morgan fingerprint density at radius 1 is 1.53 bits per heavy atom. The van der Waals surface area contributed by atoms with Crippen LogP contribution in [0.15, 0.2) is 27.4 Å². The van der Waals surface area contributed by atoms with Crippen molar-refractivity contribution in [3.8, 4) is 0 Å². The Bertz CT molecular complexity index is 572. The van der Waals surface area contributed by atoms with E-state index in [1.165, 1.54) is 4.90 Å². The average Bonchev–Trinajstić information content (AvgIpc) is 2.55. The molecule has 0 aliphatic carbocycles. The molecule has 5 nitrogen and oxygen atoms in total. The van der Waals surface area contributed by atoms with E-state index in [-0.39, 0.29) is 4.82 Å². The zero-order valence-electron chi connectivity index (χ0n) is 7.78. The van der Waals surface area contributed by atoms with Crippen LogP contribution in [0.5, 0.6) is 0 Å². The van der Waals surface area contributed by atoms with Gasteiger partial charge in [-0.2, -0.15) is 0 Å². The zero-order chi connectivity index (χ0) is 11.0. The number of halogens is 1. The average molecular weight is 271 g/mol. The number of rotatable bonds is 1. The summed E-state index contributed by atoms with van der Waals surface area (Å²) in [5, 5.41) is 0. The molecular weight excluding hydrogens is 264 g/mol. The van der Waals surface area contributed by atoms with Gasteiger partial charge in [0.2, 0.25) is 0 Å². The van der Waals surface area contributed by atoms with Crippen molar-refractivity contribution < 1.29 is 9.21 Å². The lowest BCUT2D eigenvalue weighted by Gasteiger charge is -2.12. The number of fused-ring (bicyclic) bond motifs is 1. The maximum Gasteiger partial charge on any atom is 0.417 e.